The Hall–Kier alpha value is -1.03. The van der Waals surface area contributed by atoms with Gasteiger partial charge in [0.05, 0.1) is 0 Å². The van der Waals surface area contributed by atoms with Gasteiger partial charge < -0.3 is 5.11 Å². The molecule has 0 saturated carbocycles. The lowest BCUT2D eigenvalue weighted by Crippen LogP contribution is -2.19. The summed E-state index contributed by atoms with van der Waals surface area (Å²) in [6.07, 6.45) is 12.1. The molecule has 1 aliphatic carbocycles. The molecule has 0 aromatic heterocycles. The van der Waals surface area contributed by atoms with Gasteiger partial charge in [0.1, 0.15) is 6.04 Å². The van der Waals surface area contributed by atoms with E-state index in [1.807, 2.05) is 30.6 Å². The number of allylic oxidation sites excluding steroid dienone is 4. The number of carboxylic acid groups (broad SMARTS) is 1. The Morgan fingerprint density at radius 2 is 2.27 bits per heavy atom. The highest BCUT2D eigenvalue weighted by Crippen LogP contribution is 2.09. The van der Waals surface area contributed by atoms with Gasteiger partial charge in [-0.1, -0.05) is 24.3 Å². The summed E-state index contributed by atoms with van der Waals surface area (Å²) in [6.45, 7) is 0. The minimum atomic E-state index is -0.841. The van der Waals surface area contributed by atoms with E-state index < -0.39 is 12.0 Å². The van der Waals surface area contributed by atoms with Gasteiger partial charge in [0.15, 0.2) is 0 Å². The number of rotatable bonds is 6. The van der Waals surface area contributed by atoms with Crippen molar-refractivity contribution in [3.8, 4) is 0 Å². The first-order chi connectivity index (χ1) is 7.24. The van der Waals surface area contributed by atoms with Crippen LogP contribution in [0.3, 0.4) is 0 Å². The average Bonchev–Trinajstić information content (AvgIpc) is 2.70. The lowest BCUT2D eigenvalue weighted by atomic mass is 10.2. The van der Waals surface area contributed by atoms with Crippen molar-refractivity contribution in [1.29, 1.82) is 0 Å². The maximum atomic E-state index is 10.9. The summed E-state index contributed by atoms with van der Waals surface area (Å²) in [5.41, 5.74) is 0. The van der Waals surface area contributed by atoms with Crippen molar-refractivity contribution in [3.05, 3.63) is 24.3 Å². The Morgan fingerprint density at radius 3 is 2.80 bits per heavy atom. The standard InChI is InChI=1S/C11H15NO2S/c1-15-7-6-10(11(13)14)12-8-9-4-2-3-5-9/h2-5,8-10H,6-7H2,1H3,(H,13,14)/t10-/m0/s1. The average molecular weight is 225 g/mol. The van der Waals surface area contributed by atoms with Crippen LogP contribution < -0.4 is 0 Å². The fourth-order valence-corrected chi connectivity index (χ4v) is 1.70. The molecule has 0 aliphatic heterocycles. The van der Waals surface area contributed by atoms with Crippen molar-refractivity contribution in [3.63, 3.8) is 0 Å². The van der Waals surface area contributed by atoms with Gasteiger partial charge in [-0.25, -0.2) is 4.79 Å². The van der Waals surface area contributed by atoms with E-state index in [0.717, 1.165) is 5.75 Å². The van der Waals surface area contributed by atoms with Crippen LogP contribution in [0.5, 0.6) is 0 Å². The van der Waals surface area contributed by atoms with Crippen LogP contribution in [0.15, 0.2) is 29.3 Å². The number of hydrogen-bond donors (Lipinski definition) is 1. The van der Waals surface area contributed by atoms with Gasteiger partial charge >= 0.3 is 5.97 Å². The molecular weight excluding hydrogens is 210 g/mol. The molecule has 0 unspecified atom stereocenters. The number of hydrogen-bond acceptors (Lipinski definition) is 3. The fraction of sp³-hybridized carbons (Fsp3) is 0.455. The van der Waals surface area contributed by atoms with Crippen molar-refractivity contribution >= 4 is 23.9 Å². The highest BCUT2D eigenvalue weighted by atomic mass is 32.2. The van der Waals surface area contributed by atoms with E-state index in [-0.39, 0.29) is 5.92 Å². The van der Waals surface area contributed by atoms with E-state index in [4.69, 9.17) is 5.11 Å². The van der Waals surface area contributed by atoms with E-state index >= 15 is 0 Å². The Labute approximate surface area is 94.0 Å². The molecule has 4 heteroatoms. The van der Waals surface area contributed by atoms with Crippen LogP contribution in [0.2, 0.25) is 0 Å². The first kappa shape index (κ1) is 12.0. The SMILES string of the molecule is CSCC[C@H](N=CC1C=CC=C1)C(=O)O. The van der Waals surface area contributed by atoms with Crippen molar-refractivity contribution in [2.75, 3.05) is 12.0 Å². The zero-order valence-corrected chi connectivity index (χ0v) is 9.48. The summed E-state index contributed by atoms with van der Waals surface area (Å²) in [4.78, 5) is 15.0. The Bertz CT molecular complexity index is 285. The number of carbonyl (C=O) groups is 1. The quantitative estimate of drug-likeness (QED) is 0.703. The van der Waals surface area contributed by atoms with Crippen LogP contribution in [-0.4, -0.2) is 35.3 Å². The molecule has 0 heterocycles. The van der Waals surface area contributed by atoms with E-state index in [9.17, 15) is 4.79 Å². The second-order valence-corrected chi connectivity index (χ2v) is 4.27. The van der Waals surface area contributed by atoms with Crippen LogP contribution in [0, 0.1) is 5.92 Å². The molecule has 0 aromatic rings. The maximum absolute atomic E-state index is 10.9. The number of thioether (sulfide) groups is 1. The largest absolute Gasteiger partial charge is 0.480 e. The highest BCUT2D eigenvalue weighted by molar-refractivity contribution is 7.98. The smallest absolute Gasteiger partial charge is 0.328 e. The minimum Gasteiger partial charge on any atom is -0.480 e. The molecule has 0 saturated heterocycles. The third-order valence-electron chi connectivity index (χ3n) is 2.10. The monoisotopic (exact) mass is 225 g/mol. The molecule has 0 aromatic carbocycles. The predicted molar refractivity (Wildman–Crippen MR) is 64.7 cm³/mol. The van der Waals surface area contributed by atoms with Crippen LogP contribution >= 0.6 is 11.8 Å². The molecule has 15 heavy (non-hydrogen) atoms. The van der Waals surface area contributed by atoms with Gasteiger partial charge in [-0.2, -0.15) is 11.8 Å². The molecule has 0 amide bonds. The molecule has 1 N–H and O–H groups in total. The van der Waals surface area contributed by atoms with Gasteiger partial charge in [0.25, 0.3) is 0 Å². The van der Waals surface area contributed by atoms with Crippen LogP contribution in [-0.2, 0) is 4.79 Å². The van der Waals surface area contributed by atoms with Gasteiger partial charge in [-0.3, -0.25) is 4.99 Å². The third kappa shape index (κ3) is 4.34. The lowest BCUT2D eigenvalue weighted by molar-refractivity contribution is -0.138. The molecule has 1 aliphatic rings. The van der Waals surface area contributed by atoms with E-state index in [1.54, 1.807) is 18.0 Å². The Kier molecular flexibility index (Phi) is 5.18. The molecule has 1 rings (SSSR count). The second-order valence-electron chi connectivity index (χ2n) is 3.28. The van der Waals surface area contributed by atoms with Crippen molar-refractivity contribution < 1.29 is 9.90 Å². The third-order valence-corrected chi connectivity index (χ3v) is 2.74. The zero-order valence-electron chi connectivity index (χ0n) is 8.67. The minimum absolute atomic E-state index is 0.168. The van der Waals surface area contributed by atoms with Crippen molar-refractivity contribution in [2.45, 2.75) is 12.5 Å². The topological polar surface area (TPSA) is 49.7 Å². The molecule has 3 nitrogen and oxygen atoms in total. The zero-order chi connectivity index (χ0) is 11.1. The highest BCUT2D eigenvalue weighted by Gasteiger charge is 2.14. The van der Waals surface area contributed by atoms with Crippen LogP contribution in [0.1, 0.15) is 6.42 Å². The molecular formula is C11H15NO2S. The fourth-order valence-electron chi connectivity index (χ4n) is 1.24. The summed E-state index contributed by atoms with van der Waals surface area (Å²) < 4.78 is 0. The Morgan fingerprint density at radius 1 is 1.60 bits per heavy atom. The van der Waals surface area contributed by atoms with Crippen LogP contribution in [0.25, 0.3) is 0 Å². The summed E-state index contributed by atoms with van der Waals surface area (Å²) in [7, 11) is 0. The van der Waals surface area contributed by atoms with Gasteiger partial charge in [0, 0.05) is 12.1 Å². The van der Waals surface area contributed by atoms with Crippen molar-refractivity contribution in [1.82, 2.24) is 0 Å². The first-order valence-electron chi connectivity index (χ1n) is 4.84. The number of aliphatic carboxylic acids is 1. The first-order valence-corrected chi connectivity index (χ1v) is 6.23. The maximum Gasteiger partial charge on any atom is 0.328 e. The normalized spacial score (nSPS) is 17.7. The van der Waals surface area contributed by atoms with E-state index in [2.05, 4.69) is 4.99 Å². The van der Waals surface area contributed by atoms with Crippen LogP contribution in [0.4, 0.5) is 0 Å². The lowest BCUT2D eigenvalue weighted by Gasteiger charge is -2.06. The van der Waals surface area contributed by atoms with E-state index in [0.29, 0.717) is 6.42 Å². The number of nitrogens with zero attached hydrogens (tertiary/aromatic N) is 1. The van der Waals surface area contributed by atoms with Gasteiger partial charge in [-0.15, -0.1) is 0 Å². The molecule has 0 bridgehead atoms. The molecule has 82 valence electrons. The number of aliphatic imine (C=N–C) groups is 1. The summed E-state index contributed by atoms with van der Waals surface area (Å²) >= 11 is 1.64. The predicted octanol–water partition coefficient (Wildman–Crippen LogP) is 2.01. The van der Waals surface area contributed by atoms with Gasteiger partial charge in [0.2, 0.25) is 0 Å². The summed E-state index contributed by atoms with van der Waals surface area (Å²) in [6, 6.07) is -0.597. The Balaban J connectivity index is 2.46. The second kappa shape index (κ2) is 6.45. The molecule has 1 atom stereocenters. The molecule has 0 radical (unpaired) electrons. The van der Waals surface area contributed by atoms with Gasteiger partial charge in [-0.05, 0) is 18.4 Å². The summed E-state index contributed by atoms with van der Waals surface area (Å²) in [5.74, 6) is 0.150. The van der Waals surface area contributed by atoms with E-state index in [1.165, 1.54) is 0 Å². The molecule has 0 fully saturated rings. The van der Waals surface area contributed by atoms with Crippen molar-refractivity contribution in [2.24, 2.45) is 10.9 Å². The molecule has 0 spiro atoms. The number of carboxylic acids is 1. The summed E-state index contributed by atoms with van der Waals surface area (Å²) in [5, 5.41) is 8.91.